The Morgan fingerprint density at radius 1 is 1.20 bits per heavy atom. The normalized spacial score (nSPS) is 24.2. The van der Waals surface area contributed by atoms with Gasteiger partial charge in [0.1, 0.15) is 17.6 Å². The lowest BCUT2D eigenvalue weighted by atomic mass is 9.69. The second-order valence-corrected chi connectivity index (χ2v) is 13.3. The van der Waals surface area contributed by atoms with Crippen molar-refractivity contribution in [1.82, 2.24) is 0 Å². The average molecular weight is 582 g/mol. The summed E-state index contributed by atoms with van der Waals surface area (Å²) >= 11 is 6.38. The minimum absolute atomic E-state index is 0.0502. The van der Waals surface area contributed by atoms with Crippen LogP contribution in [0.4, 0.5) is 5.69 Å². The molecule has 0 radical (unpaired) electrons. The van der Waals surface area contributed by atoms with Gasteiger partial charge in [0.15, 0.2) is 0 Å². The number of aldehydes is 1. The molecule has 0 bridgehead atoms. The monoisotopic (exact) mass is 581 g/mol. The summed E-state index contributed by atoms with van der Waals surface area (Å²) in [5.41, 5.74) is 3.16. The number of hydrogen-bond acceptors (Lipinski definition) is 7. The SMILES string of the molecule is COC(=O)C(CC(=O)OC(C)(C)C)c1ccc2c(c1)N(C[C@@H]1CC[C@H]1C=O)C[C@@]1(CCCc3cc(Cl)ccc31)CO2. The van der Waals surface area contributed by atoms with Gasteiger partial charge in [-0.25, -0.2) is 0 Å². The van der Waals surface area contributed by atoms with E-state index in [1.54, 1.807) is 20.8 Å². The second-order valence-electron chi connectivity index (χ2n) is 12.8. The minimum Gasteiger partial charge on any atom is -0.490 e. The van der Waals surface area contributed by atoms with E-state index < -0.39 is 23.5 Å². The van der Waals surface area contributed by atoms with Crippen molar-refractivity contribution in [2.45, 2.75) is 76.2 Å². The molecular weight excluding hydrogens is 542 g/mol. The summed E-state index contributed by atoms with van der Waals surface area (Å²) in [7, 11) is 1.33. The molecule has 2 aromatic carbocycles. The standard InChI is InChI=1S/C33H40ClNO6/c1-32(2,3)41-30(37)16-26(31(38)39-4)21-9-12-29-28(15-21)35(17-23-7-8-24(23)18-36)19-33(20-40-29)13-5-6-22-14-25(34)10-11-27(22)33/h9-12,14-15,18,23-24,26H,5-8,13,16-17,19-20H2,1-4H3/t23-,24-,26?,33-/m0/s1. The molecule has 0 aromatic heterocycles. The number of nitrogens with zero attached hydrogens (tertiary/aromatic N) is 1. The summed E-state index contributed by atoms with van der Waals surface area (Å²) in [6, 6.07) is 11.9. The van der Waals surface area contributed by atoms with E-state index in [-0.39, 0.29) is 23.7 Å². The Morgan fingerprint density at radius 2 is 2.00 bits per heavy atom. The van der Waals surface area contributed by atoms with Crippen molar-refractivity contribution in [2.75, 3.05) is 31.7 Å². The van der Waals surface area contributed by atoms with Crippen LogP contribution in [0.3, 0.4) is 0 Å². The Labute approximate surface area is 247 Å². The fourth-order valence-electron chi connectivity index (χ4n) is 6.66. The van der Waals surface area contributed by atoms with E-state index in [0.29, 0.717) is 18.7 Å². The maximum absolute atomic E-state index is 12.9. The third-order valence-corrected chi connectivity index (χ3v) is 9.08. The van der Waals surface area contributed by atoms with E-state index >= 15 is 0 Å². The number of methoxy groups -OCH3 is 1. The van der Waals surface area contributed by atoms with Gasteiger partial charge >= 0.3 is 11.9 Å². The third-order valence-electron chi connectivity index (χ3n) is 8.85. The lowest BCUT2D eigenvalue weighted by Crippen LogP contribution is -2.48. The number of aryl methyl sites for hydroxylation is 1. The minimum atomic E-state index is -0.816. The molecule has 1 unspecified atom stereocenters. The second kappa shape index (κ2) is 11.7. The molecule has 4 atom stereocenters. The first-order valence-electron chi connectivity index (χ1n) is 14.6. The number of halogens is 1. The number of fused-ring (bicyclic) bond motifs is 3. The number of carbonyl (C=O) groups excluding carboxylic acids is 3. The van der Waals surface area contributed by atoms with Crippen LogP contribution in [-0.4, -0.2) is 50.6 Å². The quantitative estimate of drug-likeness (QED) is 0.292. The van der Waals surface area contributed by atoms with Gasteiger partial charge in [-0.3, -0.25) is 9.59 Å². The number of anilines is 1. The highest BCUT2D eigenvalue weighted by Crippen LogP contribution is 2.46. The molecule has 2 aliphatic carbocycles. The predicted molar refractivity (Wildman–Crippen MR) is 158 cm³/mol. The van der Waals surface area contributed by atoms with Crippen molar-refractivity contribution >= 4 is 35.5 Å². The zero-order valence-corrected chi connectivity index (χ0v) is 25.2. The van der Waals surface area contributed by atoms with Crippen LogP contribution in [0.25, 0.3) is 0 Å². The molecule has 8 heteroatoms. The van der Waals surface area contributed by atoms with Gasteiger partial charge in [-0.15, -0.1) is 0 Å². The van der Waals surface area contributed by atoms with Gasteiger partial charge in [-0.05, 0) is 99.7 Å². The van der Waals surface area contributed by atoms with E-state index in [0.717, 1.165) is 61.4 Å². The molecule has 0 amide bonds. The van der Waals surface area contributed by atoms with Crippen molar-refractivity contribution in [3.8, 4) is 5.75 Å². The smallest absolute Gasteiger partial charge is 0.313 e. The number of rotatable bonds is 7. The Morgan fingerprint density at radius 3 is 2.68 bits per heavy atom. The van der Waals surface area contributed by atoms with Crippen molar-refractivity contribution in [1.29, 1.82) is 0 Å². The van der Waals surface area contributed by atoms with Crippen LogP contribution in [0.15, 0.2) is 36.4 Å². The lowest BCUT2D eigenvalue weighted by Gasteiger charge is -2.43. The summed E-state index contributed by atoms with van der Waals surface area (Å²) in [6.45, 7) is 7.35. The van der Waals surface area contributed by atoms with Crippen LogP contribution >= 0.6 is 11.6 Å². The molecule has 0 saturated heterocycles. The van der Waals surface area contributed by atoms with Gasteiger partial charge in [0, 0.05) is 29.4 Å². The molecule has 1 heterocycles. The summed E-state index contributed by atoms with van der Waals surface area (Å²) in [4.78, 5) is 39.8. The van der Waals surface area contributed by atoms with E-state index in [4.69, 9.17) is 25.8 Å². The van der Waals surface area contributed by atoms with Gasteiger partial charge in [0.2, 0.25) is 0 Å². The van der Waals surface area contributed by atoms with Crippen molar-refractivity contribution < 1.29 is 28.6 Å². The van der Waals surface area contributed by atoms with E-state index in [9.17, 15) is 14.4 Å². The van der Waals surface area contributed by atoms with E-state index in [1.165, 1.54) is 18.2 Å². The molecule has 41 heavy (non-hydrogen) atoms. The Balaban J connectivity index is 1.53. The summed E-state index contributed by atoms with van der Waals surface area (Å²) in [5, 5.41) is 0.738. The van der Waals surface area contributed by atoms with Crippen LogP contribution in [0.1, 0.15) is 75.5 Å². The molecular formula is C33H40ClNO6. The highest BCUT2D eigenvalue weighted by atomic mass is 35.5. The Kier molecular flexibility index (Phi) is 8.38. The topological polar surface area (TPSA) is 82.1 Å². The zero-order valence-electron chi connectivity index (χ0n) is 24.4. The number of hydrogen-bond donors (Lipinski definition) is 0. The fourth-order valence-corrected chi connectivity index (χ4v) is 6.86. The molecule has 5 rings (SSSR count). The van der Waals surface area contributed by atoms with Crippen LogP contribution in [-0.2, 0) is 35.7 Å². The average Bonchev–Trinajstić information content (AvgIpc) is 3.05. The van der Waals surface area contributed by atoms with Crippen molar-refractivity contribution in [3.05, 3.63) is 58.1 Å². The summed E-state index contributed by atoms with van der Waals surface area (Å²) < 4.78 is 17.2. The molecule has 220 valence electrons. The maximum Gasteiger partial charge on any atom is 0.313 e. The molecule has 1 fully saturated rings. The van der Waals surface area contributed by atoms with Gasteiger partial charge in [0.25, 0.3) is 0 Å². The first-order chi connectivity index (χ1) is 19.5. The molecule has 1 saturated carbocycles. The van der Waals surface area contributed by atoms with Gasteiger partial charge in [0.05, 0.1) is 31.7 Å². The molecule has 0 N–H and O–H groups in total. The molecule has 1 aliphatic heterocycles. The highest BCUT2D eigenvalue weighted by Gasteiger charge is 2.43. The largest absolute Gasteiger partial charge is 0.490 e. The third kappa shape index (κ3) is 6.25. The maximum atomic E-state index is 12.9. The van der Waals surface area contributed by atoms with Crippen LogP contribution < -0.4 is 9.64 Å². The Hall–Kier alpha value is -3.06. The fraction of sp³-hybridized carbons (Fsp3) is 0.545. The van der Waals surface area contributed by atoms with E-state index in [1.807, 2.05) is 24.3 Å². The highest BCUT2D eigenvalue weighted by molar-refractivity contribution is 6.30. The number of ether oxygens (including phenoxy) is 3. The lowest BCUT2D eigenvalue weighted by molar-refractivity contribution is -0.158. The first kappa shape index (κ1) is 29.4. The van der Waals surface area contributed by atoms with Crippen molar-refractivity contribution in [2.24, 2.45) is 11.8 Å². The van der Waals surface area contributed by atoms with Crippen LogP contribution in [0.5, 0.6) is 5.75 Å². The molecule has 7 nitrogen and oxygen atoms in total. The van der Waals surface area contributed by atoms with E-state index in [2.05, 4.69) is 17.0 Å². The van der Waals surface area contributed by atoms with Gasteiger partial charge < -0.3 is 23.9 Å². The van der Waals surface area contributed by atoms with Crippen molar-refractivity contribution in [3.63, 3.8) is 0 Å². The zero-order chi connectivity index (χ0) is 29.4. The Bertz CT molecular complexity index is 1320. The number of esters is 2. The molecule has 3 aliphatic rings. The van der Waals surface area contributed by atoms with Crippen LogP contribution in [0.2, 0.25) is 5.02 Å². The van der Waals surface area contributed by atoms with Gasteiger partial charge in [-0.1, -0.05) is 23.7 Å². The molecule has 1 spiro atoms. The summed E-state index contributed by atoms with van der Waals surface area (Å²) in [5.74, 6) is -0.736. The number of benzene rings is 2. The predicted octanol–water partition coefficient (Wildman–Crippen LogP) is 6.03. The molecule has 2 aromatic rings. The number of carbonyl (C=O) groups is 3. The van der Waals surface area contributed by atoms with Gasteiger partial charge in [-0.2, -0.15) is 0 Å². The first-order valence-corrected chi connectivity index (χ1v) is 15.0. The summed E-state index contributed by atoms with van der Waals surface area (Å²) in [6.07, 6.45) is 5.86. The van der Waals surface area contributed by atoms with Crippen LogP contribution in [0, 0.1) is 11.8 Å².